The topological polar surface area (TPSA) is 86.1 Å². The van der Waals surface area contributed by atoms with Gasteiger partial charge in [0.2, 0.25) is 5.54 Å². The monoisotopic (exact) mass is 298 g/mol. The molecule has 1 fully saturated rings. The first kappa shape index (κ1) is 14.8. The highest BCUT2D eigenvalue weighted by molar-refractivity contribution is 6.07. The molecule has 0 aliphatic carbocycles. The molecule has 0 aromatic carbocycles. The van der Waals surface area contributed by atoms with Gasteiger partial charge in [0.1, 0.15) is 11.8 Å². The number of imide groups is 1. The minimum absolute atomic E-state index is 0.0567. The number of amides is 3. The number of aromatic nitrogens is 1. The number of hydrogen-bond donors (Lipinski definition) is 1. The van der Waals surface area contributed by atoms with E-state index >= 15 is 0 Å². The molecule has 1 unspecified atom stereocenters. The van der Waals surface area contributed by atoms with E-state index in [9.17, 15) is 22.8 Å². The van der Waals surface area contributed by atoms with Crippen LogP contribution in [0.4, 0.5) is 18.0 Å². The predicted molar refractivity (Wildman–Crippen MR) is 62.5 cm³/mol. The van der Waals surface area contributed by atoms with Crippen molar-refractivity contribution in [2.24, 2.45) is 0 Å². The van der Waals surface area contributed by atoms with Gasteiger partial charge in [0, 0.05) is 11.8 Å². The number of nitrogens with zero attached hydrogens (tertiary/aromatic N) is 3. The molecule has 0 radical (unpaired) electrons. The minimum atomic E-state index is -4.92. The van der Waals surface area contributed by atoms with E-state index in [1.54, 1.807) is 11.4 Å². The van der Waals surface area contributed by atoms with Crippen molar-refractivity contribution in [1.29, 1.82) is 5.26 Å². The molecule has 1 aromatic rings. The summed E-state index contributed by atoms with van der Waals surface area (Å²) < 4.78 is 38.7. The highest BCUT2D eigenvalue weighted by Crippen LogP contribution is 2.35. The van der Waals surface area contributed by atoms with Crippen LogP contribution in [0.5, 0.6) is 0 Å². The van der Waals surface area contributed by atoms with Crippen LogP contribution in [0.1, 0.15) is 18.2 Å². The zero-order chi connectivity index (χ0) is 15.8. The lowest BCUT2D eigenvalue weighted by Gasteiger charge is -2.24. The molecule has 1 aromatic heterocycles. The highest BCUT2D eigenvalue weighted by Gasteiger charge is 2.64. The third-order valence-corrected chi connectivity index (χ3v) is 3.17. The van der Waals surface area contributed by atoms with Gasteiger partial charge < -0.3 is 5.32 Å². The SMILES string of the molecule is CC1(C(F)(F)F)NC(=O)N(Cc2cccnc2C#N)C1=O. The second-order valence-corrected chi connectivity index (χ2v) is 4.57. The Hall–Kier alpha value is -2.63. The van der Waals surface area contributed by atoms with E-state index in [0.29, 0.717) is 11.8 Å². The zero-order valence-electron chi connectivity index (χ0n) is 10.7. The molecular formula is C12H9F3N4O2. The van der Waals surface area contributed by atoms with E-state index in [4.69, 9.17) is 5.26 Å². The molecule has 0 bridgehead atoms. The zero-order valence-corrected chi connectivity index (χ0v) is 10.7. The number of nitrogens with one attached hydrogen (secondary N) is 1. The van der Waals surface area contributed by atoms with Gasteiger partial charge in [0.05, 0.1) is 6.54 Å². The Morgan fingerprint density at radius 3 is 2.67 bits per heavy atom. The summed E-state index contributed by atoms with van der Waals surface area (Å²) in [6, 6.07) is 3.46. The van der Waals surface area contributed by atoms with Crippen LogP contribution >= 0.6 is 0 Å². The van der Waals surface area contributed by atoms with Gasteiger partial charge in [-0.15, -0.1) is 0 Å². The Labute approximate surface area is 117 Å². The van der Waals surface area contributed by atoms with Gasteiger partial charge in [-0.2, -0.15) is 18.4 Å². The fraction of sp³-hybridized carbons (Fsp3) is 0.333. The first-order valence-corrected chi connectivity index (χ1v) is 5.75. The molecule has 1 aliphatic heterocycles. The summed E-state index contributed by atoms with van der Waals surface area (Å²) in [5.41, 5.74) is -2.83. The van der Waals surface area contributed by atoms with Gasteiger partial charge in [-0.25, -0.2) is 9.78 Å². The number of nitriles is 1. The van der Waals surface area contributed by atoms with Gasteiger partial charge in [0.25, 0.3) is 5.91 Å². The van der Waals surface area contributed by atoms with Gasteiger partial charge in [-0.3, -0.25) is 9.69 Å². The average molecular weight is 298 g/mol. The Kier molecular flexibility index (Phi) is 3.33. The largest absolute Gasteiger partial charge is 0.420 e. The molecule has 1 aliphatic rings. The Morgan fingerprint density at radius 1 is 1.48 bits per heavy atom. The molecule has 3 amide bonds. The van der Waals surface area contributed by atoms with E-state index in [0.717, 1.165) is 0 Å². The quantitative estimate of drug-likeness (QED) is 0.834. The summed E-state index contributed by atoms with van der Waals surface area (Å²) >= 11 is 0. The Morgan fingerprint density at radius 2 is 2.14 bits per heavy atom. The van der Waals surface area contributed by atoms with Crippen LogP contribution in [0.3, 0.4) is 0 Å². The lowest BCUT2D eigenvalue weighted by molar-refractivity contribution is -0.191. The summed E-state index contributed by atoms with van der Waals surface area (Å²) in [5, 5.41) is 10.5. The number of urea groups is 1. The summed E-state index contributed by atoms with van der Waals surface area (Å²) in [6.45, 7) is 0.148. The first-order chi connectivity index (χ1) is 9.70. The van der Waals surface area contributed by atoms with E-state index in [1.165, 1.54) is 18.3 Å². The number of carbonyl (C=O) groups is 2. The minimum Gasteiger partial charge on any atom is -0.316 e. The van der Waals surface area contributed by atoms with E-state index in [2.05, 4.69) is 4.98 Å². The fourth-order valence-corrected chi connectivity index (χ4v) is 1.87. The van der Waals surface area contributed by atoms with Gasteiger partial charge in [0.15, 0.2) is 0 Å². The molecule has 9 heteroatoms. The van der Waals surface area contributed by atoms with Crippen LogP contribution in [0.2, 0.25) is 0 Å². The normalized spacial score (nSPS) is 22.1. The number of hydrogen-bond acceptors (Lipinski definition) is 4. The number of carbonyl (C=O) groups excluding carboxylic acids is 2. The molecular weight excluding hydrogens is 289 g/mol. The second-order valence-electron chi connectivity index (χ2n) is 4.57. The second kappa shape index (κ2) is 4.73. The molecule has 1 atom stereocenters. The van der Waals surface area contributed by atoms with Crippen molar-refractivity contribution < 1.29 is 22.8 Å². The molecule has 2 rings (SSSR count). The van der Waals surface area contributed by atoms with Gasteiger partial charge in [-0.1, -0.05) is 6.07 Å². The van der Waals surface area contributed by atoms with Crippen LogP contribution in [-0.4, -0.2) is 33.5 Å². The molecule has 1 N–H and O–H groups in total. The average Bonchev–Trinajstić information content (AvgIpc) is 2.63. The number of rotatable bonds is 2. The predicted octanol–water partition coefficient (Wildman–Crippen LogP) is 1.33. The smallest absolute Gasteiger partial charge is 0.316 e. The van der Waals surface area contributed by atoms with E-state index in [-0.39, 0.29) is 11.3 Å². The lowest BCUT2D eigenvalue weighted by Crippen LogP contribution is -2.56. The molecule has 0 saturated carbocycles. The first-order valence-electron chi connectivity index (χ1n) is 5.75. The van der Waals surface area contributed by atoms with Crippen LogP contribution < -0.4 is 5.32 Å². The summed E-state index contributed by atoms with van der Waals surface area (Å²) in [4.78, 5) is 27.7. The summed E-state index contributed by atoms with van der Waals surface area (Å²) in [6.07, 6.45) is -3.59. The molecule has 1 saturated heterocycles. The van der Waals surface area contributed by atoms with Gasteiger partial charge >= 0.3 is 12.2 Å². The van der Waals surface area contributed by atoms with Crippen molar-refractivity contribution in [3.05, 3.63) is 29.6 Å². The van der Waals surface area contributed by atoms with E-state index in [1.807, 2.05) is 0 Å². The van der Waals surface area contributed by atoms with Crippen molar-refractivity contribution >= 4 is 11.9 Å². The molecule has 2 heterocycles. The van der Waals surface area contributed by atoms with Crippen molar-refractivity contribution in [3.63, 3.8) is 0 Å². The van der Waals surface area contributed by atoms with Crippen LogP contribution in [-0.2, 0) is 11.3 Å². The number of halogens is 3. The van der Waals surface area contributed by atoms with Crippen LogP contribution in [0.25, 0.3) is 0 Å². The van der Waals surface area contributed by atoms with Crippen molar-refractivity contribution in [3.8, 4) is 6.07 Å². The number of pyridine rings is 1. The van der Waals surface area contributed by atoms with Crippen molar-refractivity contribution in [1.82, 2.24) is 15.2 Å². The van der Waals surface area contributed by atoms with E-state index < -0.39 is 30.2 Å². The highest BCUT2D eigenvalue weighted by atomic mass is 19.4. The Balaban J connectivity index is 2.33. The third kappa shape index (κ3) is 2.29. The summed E-state index contributed by atoms with van der Waals surface area (Å²) in [5.74, 6) is -1.41. The van der Waals surface area contributed by atoms with Crippen LogP contribution in [0.15, 0.2) is 18.3 Å². The third-order valence-electron chi connectivity index (χ3n) is 3.17. The molecule has 110 valence electrons. The summed E-state index contributed by atoms with van der Waals surface area (Å²) in [7, 11) is 0. The van der Waals surface area contributed by atoms with Crippen molar-refractivity contribution in [2.45, 2.75) is 25.2 Å². The standard InChI is InChI=1S/C12H9F3N4O2/c1-11(12(13,14)15)9(20)19(10(21)18-11)6-7-3-2-4-17-8(7)5-16/h2-4H,6H2,1H3,(H,18,21). The lowest BCUT2D eigenvalue weighted by atomic mass is 10.0. The maximum Gasteiger partial charge on any atom is 0.420 e. The number of alkyl halides is 3. The maximum absolute atomic E-state index is 12.9. The van der Waals surface area contributed by atoms with Crippen molar-refractivity contribution in [2.75, 3.05) is 0 Å². The molecule has 6 nitrogen and oxygen atoms in total. The molecule has 21 heavy (non-hydrogen) atoms. The fourth-order valence-electron chi connectivity index (χ4n) is 1.87. The molecule has 0 spiro atoms. The van der Waals surface area contributed by atoms with Crippen LogP contribution in [0, 0.1) is 11.3 Å². The maximum atomic E-state index is 12.9. The van der Waals surface area contributed by atoms with Gasteiger partial charge in [-0.05, 0) is 13.0 Å². The Bertz CT molecular complexity index is 653.